The standard InChI is InChI=1S/C16H24N2O2/c1-3-17(4-2)12-7-8-18(10-12)15-11-20-16-9-13(19)5-6-14(15)16/h5-6,9,12,15,19H,3-4,7-8,10-11H2,1-2H3. The third kappa shape index (κ3) is 2.38. The fraction of sp³-hybridized carbons (Fsp3) is 0.625. The molecule has 4 heteroatoms. The van der Waals surface area contributed by atoms with Crippen LogP contribution in [-0.2, 0) is 0 Å². The highest BCUT2D eigenvalue weighted by Crippen LogP contribution is 2.39. The lowest BCUT2D eigenvalue weighted by molar-refractivity contribution is 0.167. The van der Waals surface area contributed by atoms with Gasteiger partial charge in [-0.3, -0.25) is 9.80 Å². The molecule has 2 aliphatic heterocycles. The van der Waals surface area contributed by atoms with Crippen molar-refractivity contribution in [2.24, 2.45) is 0 Å². The van der Waals surface area contributed by atoms with Crippen molar-refractivity contribution in [3.63, 3.8) is 0 Å². The van der Waals surface area contributed by atoms with Gasteiger partial charge in [0, 0.05) is 30.8 Å². The molecular formula is C16H24N2O2. The summed E-state index contributed by atoms with van der Waals surface area (Å²) in [5.41, 5.74) is 1.22. The molecule has 0 aliphatic carbocycles. The van der Waals surface area contributed by atoms with Gasteiger partial charge in [-0.1, -0.05) is 13.8 Å². The van der Waals surface area contributed by atoms with Crippen LogP contribution in [0.5, 0.6) is 11.5 Å². The van der Waals surface area contributed by atoms with E-state index in [4.69, 9.17) is 4.74 Å². The molecule has 110 valence electrons. The maximum atomic E-state index is 9.53. The van der Waals surface area contributed by atoms with Crippen LogP contribution in [0, 0.1) is 0 Å². The molecule has 1 aromatic carbocycles. The highest BCUT2D eigenvalue weighted by molar-refractivity contribution is 5.44. The molecule has 2 atom stereocenters. The largest absolute Gasteiger partial charge is 0.508 e. The molecule has 3 rings (SSSR count). The Morgan fingerprint density at radius 2 is 2.15 bits per heavy atom. The second kappa shape index (κ2) is 5.62. The zero-order valence-corrected chi connectivity index (χ0v) is 12.4. The number of benzene rings is 1. The normalized spacial score (nSPS) is 25.9. The smallest absolute Gasteiger partial charge is 0.127 e. The van der Waals surface area contributed by atoms with E-state index in [9.17, 15) is 5.11 Å². The van der Waals surface area contributed by atoms with Crippen LogP contribution in [0.25, 0.3) is 0 Å². The Bertz CT molecular complexity index is 474. The Balaban J connectivity index is 1.71. The minimum atomic E-state index is 0.284. The van der Waals surface area contributed by atoms with Gasteiger partial charge >= 0.3 is 0 Å². The van der Waals surface area contributed by atoms with E-state index in [1.807, 2.05) is 6.07 Å². The summed E-state index contributed by atoms with van der Waals surface area (Å²) in [6.45, 7) is 9.70. The number of likely N-dealkylation sites (N-methyl/N-ethyl adjacent to an activating group) is 1. The molecule has 0 radical (unpaired) electrons. The van der Waals surface area contributed by atoms with Crippen molar-refractivity contribution >= 4 is 0 Å². The predicted octanol–water partition coefficient (Wildman–Crippen LogP) is 2.24. The molecule has 1 N–H and O–H groups in total. The Labute approximate surface area is 120 Å². The quantitative estimate of drug-likeness (QED) is 0.915. The van der Waals surface area contributed by atoms with E-state index < -0.39 is 0 Å². The summed E-state index contributed by atoms with van der Waals surface area (Å²) in [5.74, 6) is 1.13. The molecule has 1 fully saturated rings. The van der Waals surface area contributed by atoms with Crippen molar-refractivity contribution in [2.45, 2.75) is 32.4 Å². The third-order valence-electron chi connectivity index (χ3n) is 4.72. The first-order valence-electron chi connectivity index (χ1n) is 7.66. The molecule has 0 amide bonds. The van der Waals surface area contributed by atoms with Crippen LogP contribution in [0.2, 0.25) is 0 Å². The van der Waals surface area contributed by atoms with E-state index in [1.165, 1.54) is 12.0 Å². The lowest BCUT2D eigenvalue weighted by atomic mass is 10.1. The fourth-order valence-electron chi connectivity index (χ4n) is 3.57. The van der Waals surface area contributed by atoms with E-state index in [0.717, 1.165) is 31.9 Å². The number of aromatic hydroxyl groups is 1. The number of ether oxygens (including phenoxy) is 1. The van der Waals surface area contributed by atoms with Crippen LogP contribution < -0.4 is 4.74 Å². The summed E-state index contributed by atoms with van der Waals surface area (Å²) in [6.07, 6.45) is 1.24. The van der Waals surface area contributed by atoms with E-state index in [1.54, 1.807) is 12.1 Å². The zero-order chi connectivity index (χ0) is 14.1. The van der Waals surface area contributed by atoms with Gasteiger partial charge in [-0.05, 0) is 31.6 Å². The van der Waals surface area contributed by atoms with Crippen LogP contribution in [0.3, 0.4) is 0 Å². The Kier molecular flexibility index (Phi) is 3.85. The topological polar surface area (TPSA) is 35.9 Å². The number of hydrogen-bond donors (Lipinski definition) is 1. The lowest BCUT2D eigenvalue weighted by Crippen LogP contribution is -2.38. The van der Waals surface area contributed by atoms with Gasteiger partial charge in [0.05, 0.1) is 6.04 Å². The summed E-state index contributed by atoms with van der Waals surface area (Å²) >= 11 is 0. The maximum absolute atomic E-state index is 9.53. The highest BCUT2D eigenvalue weighted by Gasteiger charge is 2.35. The average molecular weight is 276 g/mol. The van der Waals surface area contributed by atoms with E-state index in [0.29, 0.717) is 18.7 Å². The highest BCUT2D eigenvalue weighted by atomic mass is 16.5. The van der Waals surface area contributed by atoms with Gasteiger partial charge in [-0.15, -0.1) is 0 Å². The average Bonchev–Trinajstić information content (AvgIpc) is 3.06. The van der Waals surface area contributed by atoms with Gasteiger partial charge in [-0.25, -0.2) is 0 Å². The fourth-order valence-corrected chi connectivity index (χ4v) is 3.57. The molecule has 0 bridgehead atoms. The number of rotatable bonds is 4. The number of likely N-dealkylation sites (tertiary alicyclic amines) is 1. The molecule has 1 saturated heterocycles. The Morgan fingerprint density at radius 3 is 2.90 bits per heavy atom. The molecule has 4 nitrogen and oxygen atoms in total. The first-order valence-corrected chi connectivity index (χ1v) is 7.66. The molecule has 20 heavy (non-hydrogen) atoms. The van der Waals surface area contributed by atoms with Crippen LogP contribution in [0.1, 0.15) is 31.9 Å². The lowest BCUT2D eigenvalue weighted by Gasteiger charge is -2.28. The SMILES string of the molecule is CCN(CC)C1CCN(C2COc3cc(O)ccc32)C1. The van der Waals surface area contributed by atoms with Crippen molar-refractivity contribution < 1.29 is 9.84 Å². The maximum Gasteiger partial charge on any atom is 0.127 e. The van der Waals surface area contributed by atoms with Crippen LogP contribution in [0.4, 0.5) is 0 Å². The summed E-state index contributed by atoms with van der Waals surface area (Å²) in [4.78, 5) is 5.08. The van der Waals surface area contributed by atoms with E-state index >= 15 is 0 Å². The summed E-state index contributed by atoms with van der Waals surface area (Å²) in [7, 11) is 0. The van der Waals surface area contributed by atoms with Crippen LogP contribution in [-0.4, -0.2) is 53.7 Å². The molecule has 0 spiro atoms. The second-order valence-electron chi connectivity index (χ2n) is 5.71. The van der Waals surface area contributed by atoms with Crippen molar-refractivity contribution in [1.82, 2.24) is 9.80 Å². The van der Waals surface area contributed by atoms with E-state index in [2.05, 4.69) is 23.6 Å². The monoisotopic (exact) mass is 276 g/mol. The number of phenols is 1. The molecular weight excluding hydrogens is 252 g/mol. The van der Waals surface area contributed by atoms with Gasteiger partial charge in [0.2, 0.25) is 0 Å². The van der Waals surface area contributed by atoms with Gasteiger partial charge < -0.3 is 9.84 Å². The Hall–Kier alpha value is -1.26. The molecule has 0 saturated carbocycles. The molecule has 2 heterocycles. The third-order valence-corrected chi connectivity index (χ3v) is 4.72. The zero-order valence-electron chi connectivity index (χ0n) is 12.4. The molecule has 1 aromatic rings. The van der Waals surface area contributed by atoms with Crippen molar-refractivity contribution in [3.05, 3.63) is 23.8 Å². The van der Waals surface area contributed by atoms with Gasteiger partial charge in [0.25, 0.3) is 0 Å². The van der Waals surface area contributed by atoms with Crippen LogP contribution >= 0.6 is 0 Å². The van der Waals surface area contributed by atoms with Gasteiger partial charge in [-0.2, -0.15) is 0 Å². The van der Waals surface area contributed by atoms with Crippen molar-refractivity contribution in [1.29, 1.82) is 0 Å². The first kappa shape index (κ1) is 13.7. The first-order chi connectivity index (χ1) is 9.72. The predicted molar refractivity (Wildman–Crippen MR) is 79.2 cm³/mol. The summed E-state index contributed by atoms with van der Waals surface area (Å²) in [6, 6.07) is 6.52. The number of phenolic OH excluding ortho intramolecular Hbond substituents is 1. The minimum Gasteiger partial charge on any atom is -0.508 e. The van der Waals surface area contributed by atoms with Crippen LogP contribution in [0.15, 0.2) is 18.2 Å². The number of hydrogen-bond acceptors (Lipinski definition) is 4. The molecule has 0 aromatic heterocycles. The van der Waals surface area contributed by atoms with Crippen molar-refractivity contribution in [3.8, 4) is 11.5 Å². The second-order valence-corrected chi connectivity index (χ2v) is 5.71. The number of nitrogens with zero attached hydrogens (tertiary/aromatic N) is 2. The van der Waals surface area contributed by atoms with Gasteiger partial charge in [0.15, 0.2) is 0 Å². The van der Waals surface area contributed by atoms with Crippen molar-refractivity contribution in [2.75, 3.05) is 32.8 Å². The molecule has 2 unspecified atom stereocenters. The Morgan fingerprint density at radius 1 is 1.35 bits per heavy atom. The van der Waals surface area contributed by atoms with Gasteiger partial charge in [0.1, 0.15) is 18.1 Å². The molecule has 2 aliphatic rings. The minimum absolute atomic E-state index is 0.284. The van der Waals surface area contributed by atoms with E-state index in [-0.39, 0.29) is 5.75 Å². The summed E-state index contributed by atoms with van der Waals surface area (Å²) < 4.78 is 5.74. The summed E-state index contributed by atoms with van der Waals surface area (Å²) in [5, 5.41) is 9.53. The number of fused-ring (bicyclic) bond motifs is 1.